The van der Waals surface area contributed by atoms with Crippen molar-refractivity contribution in [1.29, 1.82) is 0 Å². The summed E-state index contributed by atoms with van der Waals surface area (Å²) in [5, 5.41) is 16.6. The number of carbonyl (C=O) groups is 1. The van der Waals surface area contributed by atoms with E-state index >= 15 is 0 Å². The van der Waals surface area contributed by atoms with Gasteiger partial charge in [-0.25, -0.2) is 0 Å². The van der Waals surface area contributed by atoms with E-state index in [0.717, 1.165) is 11.1 Å². The molecule has 7 nitrogen and oxygen atoms in total. The monoisotopic (exact) mass is 421 g/mol. The molecule has 3 rings (SSSR count). The number of carbonyl (C=O) groups excluding carboxylic acids is 1. The van der Waals surface area contributed by atoms with Crippen molar-refractivity contribution in [3.8, 4) is 5.75 Å². The van der Waals surface area contributed by atoms with Gasteiger partial charge in [-0.15, -0.1) is 0 Å². The molecule has 0 aliphatic carbocycles. The van der Waals surface area contributed by atoms with Gasteiger partial charge in [0.2, 0.25) is 0 Å². The van der Waals surface area contributed by atoms with E-state index in [2.05, 4.69) is 10.6 Å². The third-order valence-electron chi connectivity index (χ3n) is 5.21. The van der Waals surface area contributed by atoms with E-state index < -0.39 is 10.9 Å². The minimum Gasteiger partial charge on any atom is -0.505 e. The maximum absolute atomic E-state index is 12.3. The molecule has 0 aromatic heterocycles. The van der Waals surface area contributed by atoms with Crippen LogP contribution in [0.1, 0.15) is 41.4 Å². The summed E-state index contributed by atoms with van der Waals surface area (Å²) in [5.74, 6) is -0.503. The van der Waals surface area contributed by atoms with Gasteiger partial charge >= 0.3 is 0 Å². The molecule has 0 fully saturated rings. The molecule has 1 amide bonds. The number of phenolic OH excluding ortho intramolecular Hbond substituents is 1. The Balaban J connectivity index is 1.94. The van der Waals surface area contributed by atoms with Crippen LogP contribution >= 0.6 is 0 Å². The first kappa shape index (κ1) is 22.1. The van der Waals surface area contributed by atoms with Gasteiger partial charge < -0.3 is 20.6 Å². The smallest absolute Gasteiger partial charge is 0.257 e. The van der Waals surface area contributed by atoms with Gasteiger partial charge in [-0.05, 0) is 30.5 Å². The number of nitrogens with zero attached hydrogens (tertiary/aromatic N) is 1. The number of anilines is 3. The molecule has 0 aliphatic heterocycles. The van der Waals surface area contributed by atoms with Crippen molar-refractivity contribution in [1.82, 2.24) is 4.90 Å². The number of aryl methyl sites for hydroxylation is 1. The maximum atomic E-state index is 12.3. The van der Waals surface area contributed by atoms with Crippen LogP contribution in [0, 0.1) is 12.8 Å². The SMILES string of the molecule is Cc1cccc([C@H](Nc2c(Nc3cccc(C(=O)N(C)C)c3O)c(=O)c2=O)C(C)C)c1. The van der Waals surface area contributed by atoms with Gasteiger partial charge in [0.05, 0.1) is 17.3 Å². The van der Waals surface area contributed by atoms with Gasteiger partial charge in [-0.2, -0.15) is 0 Å². The van der Waals surface area contributed by atoms with Crippen LogP contribution in [0.25, 0.3) is 0 Å². The number of phenols is 1. The second-order valence-corrected chi connectivity index (χ2v) is 8.21. The molecule has 0 saturated heterocycles. The van der Waals surface area contributed by atoms with Gasteiger partial charge in [0.1, 0.15) is 11.4 Å². The van der Waals surface area contributed by atoms with Crippen molar-refractivity contribution < 1.29 is 9.90 Å². The van der Waals surface area contributed by atoms with Crippen LogP contribution in [0.5, 0.6) is 5.75 Å². The normalized spacial score (nSPS) is 12.1. The van der Waals surface area contributed by atoms with Crippen molar-refractivity contribution >= 4 is 23.0 Å². The van der Waals surface area contributed by atoms with Crippen molar-refractivity contribution in [3.63, 3.8) is 0 Å². The summed E-state index contributed by atoms with van der Waals surface area (Å²) >= 11 is 0. The summed E-state index contributed by atoms with van der Waals surface area (Å²) in [6, 6.07) is 12.4. The Morgan fingerprint density at radius 3 is 2.26 bits per heavy atom. The van der Waals surface area contributed by atoms with Gasteiger partial charge in [0, 0.05) is 14.1 Å². The molecule has 31 heavy (non-hydrogen) atoms. The van der Waals surface area contributed by atoms with E-state index in [1.165, 1.54) is 11.0 Å². The second-order valence-electron chi connectivity index (χ2n) is 8.21. The van der Waals surface area contributed by atoms with Crippen LogP contribution in [-0.2, 0) is 0 Å². The molecule has 0 heterocycles. The van der Waals surface area contributed by atoms with Crippen LogP contribution in [-0.4, -0.2) is 30.0 Å². The fraction of sp³-hybridized carbons (Fsp3) is 0.292. The highest BCUT2D eigenvalue weighted by Gasteiger charge is 2.27. The zero-order valence-electron chi connectivity index (χ0n) is 18.3. The number of hydrogen-bond acceptors (Lipinski definition) is 6. The summed E-state index contributed by atoms with van der Waals surface area (Å²) in [6.45, 7) is 6.05. The van der Waals surface area contributed by atoms with Crippen LogP contribution in [0.3, 0.4) is 0 Å². The molecule has 3 aromatic carbocycles. The molecular weight excluding hydrogens is 394 g/mol. The summed E-state index contributed by atoms with van der Waals surface area (Å²) in [7, 11) is 3.16. The summed E-state index contributed by atoms with van der Waals surface area (Å²) in [6.07, 6.45) is 0. The lowest BCUT2D eigenvalue weighted by atomic mass is 9.94. The quantitative estimate of drug-likeness (QED) is 0.399. The topological polar surface area (TPSA) is 98.7 Å². The lowest BCUT2D eigenvalue weighted by Gasteiger charge is -2.26. The Hall–Kier alpha value is -3.61. The minimum atomic E-state index is -0.669. The number of para-hydroxylation sites is 1. The molecule has 7 heteroatoms. The Morgan fingerprint density at radius 2 is 1.65 bits per heavy atom. The number of benzene rings is 2. The van der Waals surface area contributed by atoms with Crippen LogP contribution in [0.2, 0.25) is 0 Å². The highest BCUT2D eigenvalue weighted by Crippen LogP contribution is 2.34. The van der Waals surface area contributed by atoms with Crippen LogP contribution in [0.15, 0.2) is 52.1 Å². The lowest BCUT2D eigenvalue weighted by molar-refractivity contribution is 0.0824. The fourth-order valence-corrected chi connectivity index (χ4v) is 3.50. The average Bonchev–Trinajstić information content (AvgIpc) is 2.73. The molecule has 1 atom stereocenters. The van der Waals surface area contributed by atoms with E-state index in [9.17, 15) is 19.5 Å². The average molecular weight is 421 g/mol. The molecular formula is C24H27N3O4. The first-order chi connectivity index (χ1) is 14.6. The Morgan fingerprint density at radius 1 is 1.00 bits per heavy atom. The van der Waals surface area contributed by atoms with Gasteiger partial charge in [-0.1, -0.05) is 49.7 Å². The van der Waals surface area contributed by atoms with E-state index in [-0.39, 0.29) is 46.2 Å². The molecule has 0 aliphatic rings. The number of rotatable bonds is 7. The standard InChI is InChI=1S/C24H27N3O4/c1-13(2)18(15-9-6-8-14(3)12-15)26-20-19(22(29)23(20)30)25-17-11-7-10-16(21(17)28)24(31)27(4)5/h6-13,18,25-26,28H,1-5H3/t18-/m1/s1. The van der Waals surface area contributed by atoms with Crippen molar-refractivity contribution in [2.24, 2.45) is 5.92 Å². The number of amides is 1. The predicted octanol–water partition coefficient (Wildman–Crippen LogP) is 3.55. The first-order valence-corrected chi connectivity index (χ1v) is 10.1. The van der Waals surface area contributed by atoms with E-state index in [0.29, 0.717) is 0 Å². The molecule has 3 aromatic rings. The van der Waals surface area contributed by atoms with E-state index in [1.54, 1.807) is 26.2 Å². The zero-order valence-corrected chi connectivity index (χ0v) is 18.3. The minimum absolute atomic E-state index is 0.0769. The highest BCUT2D eigenvalue weighted by atomic mass is 16.3. The third kappa shape index (κ3) is 4.30. The van der Waals surface area contributed by atoms with Crippen LogP contribution in [0.4, 0.5) is 17.1 Å². The van der Waals surface area contributed by atoms with E-state index in [4.69, 9.17) is 0 Å². The van der Waals surface area contributed by atoms with Crippen molar-refractivity contribution in [2.45, 2.75) is 26.8 Å². The fourth-order valence-electron chi connectivity index (χ4n) is 3.50. The highest BCUT2D eigenvalue weighted by molar-refractivity contribution is 5.99. The molecule has 3 N–H and O–H groups in total. The predicted molar refractivity (Wildman–Crippen MR) is 123 cm³/mol. The molecule has 0 saturated carbocycles. The molecule has 162 valence electrons. The summed E-state index contributed by atoms with van der Waals surface area (Å²) in [5.41, 5.74) is 1.36. The van der Waals surface area contributed by atoms with Gasteiger partial charge in [0.25, 0.3) is 16.8 Å². The largest absolute Gasteiger partial charge is 0.505 e. The Kier molecular flexibility index (Phi) is 6.15. The number of nitrogens with one attached hydrogen (secondary N) is 2. The molecule has 0 radical (unpaired) electrons. The van der Waals surface area contributed by atoms with Crippen molar-refractivity contribution in [2.75, 3.05) is 24.7 Å². The molecule has 0 bridgehead atoms. The molecule has 0 unspecified atom stereocenters. The summed E-state index contributed by atoms with van der Waals surface area (Å²) in [4.78, 5) is 38.2. The van der Waals surface area contributed by atoms with Crippen LogP contribution < -0.4 is 21.5 Å². The third-order valence-corrected chi connectivity index (χ3v) is 5.21. The summed E-state index contributed by atoms with van der Waals surface area (Å²) < 4.78 is 0. The number of aromatic hydroxyl groups is 1. The second kappa shape index (κ2) is 8.63. The van der Waals surface area contributed by atoms with Gasteiger partial charge in [-0.3, -0.25) is 14.4 Å². The lowest BCUT2D eigenvalue weighted by Crippen LogP contribution is -2.38. The Bertz CT molecular complexity index is 1190. The number of hydrogen-bond donors (Lipinski definition) is 3. The maximum Gasteiger partial charge on any atom is 0.257 e. The molecule has 0 spiro atoms. The zero-order chi connectivity index (χ0) is 22.9. The van der Waals surface area contributed by atoms with Gasteiger partial charge in [0.15, 0.2) is 5.75 Å². The first-order valence-electron chi connectivity index (χ1n) is 10.1. The van der Waals surface area contributed by atoms with E-state index in [1.807, 2.05) is 45.0 Å². The van der Waals surface area contributed by atoms with Crippen molar-refractivity contribution in [3.05, 3.63) is 79.6 Å². The Labute approximate surface area is 181 Å².